The zero-order chi connectivity index (χ0) is 19.1. The van der Waals surface area contributed by atoms with Gasteiger partial charge in [0.2, 0.25) is 0 Å². The SMILES string of the molecule is CCOC(=O)c1c(-c2ccco2)csc1NC(=O)COC(=O)C=C(C)C. The molecule has 0 aliphatic heterocycles. The lowest BCUT2D eigenvalue weighted by molar-refractivity contribution is -0.142. The van der Waals surface area contributed by atoms with Crippen molar-refractivity contribution in [2.45, 2.75) is 20.8 Å². The minimum atomic E-state index is -0.603. The van der Waals surface area contributed by atoms with Crippen molar-refractivity contribution in [3.63, 3.8) is 0 Å². The zero-order valence-corrected chi connectivity index (χ0v) is 15.5. The molecule has 0 saturated carbocycles. The minimum Gasteiger partial charge on any atom is -0.464 e. The molecule has 2 heterocycles. The van der Waals surface area contributed by atoms with Gasteiger partial charge in [0.1, 0.15) is 16.3 Å². The predicted molar refractivity (Wildman–Crippen MR) is 97.0 cm³/mol. The van der Waals surface area contributed by atoms with Crippen LogP contribution in [0.2, 0.25) is 0 Å². The fourth-order valence-electron chi connectivity index (χ4n) is 2.05. The van der Waals surface area contributed by atoms with E-state index in [1.54, 1.807) is 38.3 Å². The smallest absolute Gasteiger partial charge is 0.341 e. The van der Waals surface area contributed by atoms with Crippen LogP contribution in [0.4, 0.5) is 5.00 Å². The number of nitrogens with one attached hydrogen (secondary N) is 1. The van der Waals surface area contributed by atoms with Crippen molar-refractivity contribution in [2.75, 3.05) is 18.5 Å². The molecule has 2 aromatic rings. The molecule has 0 spiro atoms. The van der Waals surface area contributed by atoms with Crippen LogP contribution in [-0.4, -0.2) is 31.1 Å². The van der Waals surface area contributed by atoms with Crippen LogP contribution in [0.15, 0.2) is 39.8 Å². The summed E-state index contributed by atoms with van der Waals surface area (Å²) in [6.07, 6.45) is 2.78. The number of amides is 1. The highest BCUT2D eigenvalue weighted by Gasteiger charge is 2.24. The average molecular weight is 377 g/mol. The minimum absolute atomic E-state index is 0.194. The van der Waals surface area contributed by atoms with Gasteiger partial charge in [-0.1, -0.05) is 5.57 Å². The summed E-state index contributed by atoms with van der Waals surface area (Å²) in [5, 5.41) is 4.57. The molecule has 2 aromatic heterocycles. The van der Waals surface area contributed by atoms with E-state index in [4.69, 9.17) is 13.9 Å². The van der Waals surface area contributed by atoms with Crippen LogP contribution in [0.3, 0.4) is 0 Å². The molecule has 2 rings (SSSR count). The van der Waals surface area contributed by atoms with E-state index in [1.165, 1.54) is 12.3 Å². The second kappa shape index (κ2) is 9.00. The molecule has 138 valence electrons. The second-order valence-electron chi connectivity index (χ2n) is 5.43. The van der Waals surface area contributed by atoms with Crippen LogP contribution >= 0.6 is 11.3 Å². The molecule has 0 aliphatic rings. The number of esters is 2. The normalized spacial score (nSPS) is 10.1. The number of rotatable bonds is 7. The van der Waals surface area contributed by atoms with Crippen LogP contribution in [0.1, 0.15) is 31.1 Å². The van der Waals surface area contributed by atoms with Crippen LogP contribution in [0, 0.1) is 0 Å². The molecule has 0 radical (unpaired) electrons. The molecule has 8 heteroatoms. The summed E-state index contributed by atoms with van der Waals surface area (Å²) in [6, 6.07) is 3.40. The topological polar surface area (TPSA) is 94.8 Å². The molecule has 0 fully saturated rings. The van der Waals surface area contributed by atoms with Gasteiger partial charge in [-0.15, -0.1) is 11.3 Å². The largest absolute Gasteiger partial charge is 0.464 e. The number of anilines is 1. The lowest BCUT2D eigenvalue weighted by Gasteiger charge is -2.08. The Morgan fingerprint density at radius 2 is 2.04 bits per heavy atom. The van der Waals surface area contributed by atoms with E-state index in [0.29, 0.717) is 16.3 Å². The first-order valence-corrected chi connectivity index (χ1v) is 8.74. The van der Waals surface area contributed by atoms with E-state index in [2.05, 4.69) is 5.32 Å². The van der Waals surface area contributed by atoms with Gasteiger partial charge in [-0.2, -0.15) is 0 Å². The first kappa shape index (κ1) is 19.5. The molecule has 7 nitrogen and oxygen atoms in total. The van der Waals surface area contributed by atoms with Crippen molar-refractivity contribution in [3.05, 3.63) is 41.0 Å². The first-order valence-electron chi connectivity index (χ1n) is 7.86. The maximum Gasteiger partial charge on any atom is 0.341 e. The third kappa shape index (κ3) is 5.06. The van der Waals surface area contributed by atoms with Crippen LogP contribution in [0.25, 0.3) is 11.3 Å². The number of furan rings is 1. The Morgan fingerprint density at radius 1 is 1.27 bits per heavy atom. The van der Waals surface area contributed by atoms with Crippen molar-refractivity contribution in [3.8, 4) is 11.3 Å². The van der Waals surface area contributed by atoms with E-state index in [1.807, 2.05) is 0 Å². The number of thiophene rings is 1. The average Bonchev–Trinajstić information content (AvgIpc) is 3.21. The molecule has 0 unspecified atom stereocenters. The maximum absolute atomic E-state index is 12.3. The Kier molecular flexibility index (Phi) is 6.74. The molecule has 0 aromatic carbocycles. The summed E-state index contributed by atoms with van der Waals surface area (Å²) in [7, 11) is 0. The monoisotopic (exact) mass is 377 g/mol. The molecule has 0 saturated heterocycles. The quantitative estimate of drug-likeness (QED) is 0.585. The van der Waals surface area contributed by atoms with Crippen molar-refractivity contribution >= 4 is 34.2 Å². The van der Waals surface area contributed by atoms with E-state index >= 15 is 0 Å². The predicted octanol–water partition coefficient (Wildman–Crippen LogP) is 3.63. The van der Waals surface area contributed by atoms with Gasteiger partial charge in [0, 0.05) is 17.0 Å². The fraction of sp³-hybridized carbons (Fsp3) is 0.278. The van der Waals surface area contributed by atoms with Crippen LogP contribution in [-0.2, 0) is 19.1 Å². The van der Waals surface area contributed by atoms with E-state index in [0.717, 1.165) is 16.9 Å². The molecular formula is C18H19NO6S. The number of allylic oxidation sites excluding steroid dienone is 1. The highest BCUT2D eigenvalue weighted by Crippen LogP contribution is 2.36. The summed E-state index contributed by atoms with van der Waals surface area (Å²) in [4.78, 5) is 35.8. The second-order valence-corrected chi connectivity index (χ2v) is 6.31. The number of ether oxygens (including phenoxy) is 2. The Bertz CT molecular complexity index is 815. The van der Waals surface area contributed by atoms with Gasteiger partial charge in [-0.05, 0) is 32.9 Å². The standard InChI is InChI=1S/C18H19NO6S/c1-4-23-18(22)16-12(13-6-5-7-24-13)10-26-17(16)19-14(20)9-25-15(21)8-11(2)3/h5-8,10H,4,9H2,1-3H3,(H,19,20). The zero-order valence-electron chi connectivity index (χ0n) is 14.7. The first-order chi connectivity index (χ1) is 12.4. The lowest BCUT2D eigenvalue weighted by atomic mass is 10.1. The number of hydrogen-bond acceptors (Lipinski definition) is 7. The van der Waals surface area contributed by atoms with Crippen molar-refractivity contribution in [2.24, 2.45) is 0 Å². The van der Waals surface area contributed by atoms with Gasteiger partial charge in [0.15, 0.2) is 6.61 Å². The van der Waals surface area contributed by atoms with E-state index in [9.17, 15) is 14.4 Å². The van der Waals surface area contributed by atoms with Gasteiger partial charge in [-0.3, -0.25) is 4.79 Å². The van der Waals surface area contributed by atoms with Gasteiger partial charge >= 0.3 is 11.9 Å². The van der Waals surface area contributed by atoms with Crippen molar-refractivity contribution in [1.82, 2.24) is 0 Å². The van der Waals surface area contributed by atoms with Crippen LogP contribution < -0.4 is 5.32 Å². The molecule has 1 amide bonds. The number of hydrogen-bond donors (Lipinski definition) is 1. The number of carbonyl (C=O) groups excluding carboxylic acids is 3. The van der Waals surface area contributed by atoms with Gasteiger partial charge in [0.25, 0.3) is 5.91 Å². The van der Waals surface area contributed by atoms with Gasteiger partial charge in [0.05, 0.1) is 12.9 Å². The molecular weight excluding hydrogens is 358 g/mol. The highest BCUT2D eigenvalue weighted by molar-refractivity contribution is 7.15. The highest BCUT2D eigenvalue weighted by atomic mass is 32.1. The molecule has 26 heavy (non-hydrogen) atoms. The molecule has 1 N–H and O–H groups in total. The van der Waals surface area contributed by atoms with Crippen LogP contribution in [0.5, 0.6) is 0 Å². The summed E-state index contributed by atoms with van der Waals surface area (Å²) in [5.74, 6) is -1.25. The molecule has 0 aliphatic carbocycles. The Labute approximate surface area is 154 Å². The van der Waals surface area contributed by atoms with Gasteiger partial charge in [-0.25, -0.2) is 9.59 Å². The van der Waals surface area contributed by atoms with Crippen molar-refractivity contribution < 1.29 is 28.3 Å². The Balaban J connectivity index is 2.16. The summed E-state index contributed by atoms with van der Waals surface area (Å²) >= 11 is 1.16. The lowest BCUT2D eigenvalue weighted by Crippen LogP contribution is -2.21. The summed E-state index contributed by atoms with van der Waals surface area (Å²) < 4.78 is 15.3. The summed E-state index contributed by atoms with van der Waals surface area (Å²) in [6.45, 7) is 4.92. The summed E-state index contributed by atoms with van der Waals surface area (Å²) in [5.41, 5.74) is 1.49. The number of carbonyl (C=O) groups is 3. The van der Waals surface area contributed by atoms with Crippen molar-refractivity contribution in [1.29, 1.82) is 0 Å². The molecule has 0 bridgehead atoms. The molecule has 0 atom stereocenters. The van der Waals surface area contributed by atoms with E-state index < -0.39 is 24.5 Å². The third-order valence-electron chi connectivity index (χ3n) is 3.06. The maximum atomic E-state index is 12.3. The Hall–Kier alpha value is -2.87. The fourth-order valence-corrected chi connectivity index (χ4v) is 3.00. The Morgan fingerprint density at radius 3 is 2.65 bits per heavy atom. The van der Waals surface area contributed by atoms with E-state index in [-0.39, 0.29) is 12.2 Å². The van der Waals surface area contributed by atoms with Gasteiger partial charge < -0.3 is 19.2 Å². The third-order valence-corrected chi connectivity index (χ3v) is 3.96.